The molecule has 0 heterocycles. The van der Waals surface area contributed by atoms with E-state index in [2.05, 4.69) is 31.1 Å². The van der Waals surface area contributed by atoms with E-state index in [0.717, 1.165) is 44.2 Å². The Kier molecular flexibility index (Phi) is 7.61. The highest BCUT2D eigenvalue weighted by atomic mass is 19.1. The molecule has 0 radical (unpaired) electrons. The van der Waals surface area contributed by atoms with Gasteiger partial charge in [0.1, 0.15) is 23.3 Å². The molecule has 0 amide bonds. The summed E-state index contributed by atoms with van der Waals surface area (Å²) in [7, 11) is 0. The monoisotopic (exact) mass is 466 g/mol. The van der Waals surface area contributed by atoms with Crippen LogP contribution in [0.15, 0.2) is 49.6 Å². The lowest BCUT2D eigenvalue weighted by atomic mass is 9.64. The van der Waals surface area contributed by atoms with E-state index in [1.807, 2.05) is 0 Å². The van der Waals surface area contributed by atoms with Gasteiger partial charge in [0, 0.05) is 11.1 Å². The minimum Gasteiger partial charge on any atom is -0.207 e. The smallest absolute Gasteiger partial charge is 0.142 e. The van der Waals surface area contributed by atoms with Gasteiger partial charge in [0.15, 0.2) is 0 Å². The van der Waals surface area contributed by atoms with E-state index in [1.165, 1.54) is 18.6 Å². The number of halogens is 4. The highest BCUT2D eigenvalue weighted by molar-refractivity contribution is 5.46. The van der Waals surface area contributed by atoms with Crippen LogP contribution in [0.25, 0.3) is 0 Å². The van der Waals surface area contributed by atoms with Crippen LogP contribution in [0.3, 0.4) is 0 Å². The second-order valence-electron chi connectivity index (χ2n) is 9.69. The van der Waals surface area contributed by atoms with Crippen molar-refractivity contribution in [3.05, 3.63) is 95.1 Å². The Balaban J connectivity index is 1.51. The maximum atomic E-state index is 14.8. The molecule has 2 aliphatic carbocycles. The predicted octanol–water partition coefficient (Wildman–Crippen LogP) is 8.25. The molecule has 0 nitrogen and oxygen atoms in total. The summed E-state index contributed by atoms with van der Waals surface area (Å²) in [6, 6.07) is 4.95. The number of fused-ring (bicyclic) bond motifs is 1. The first-order valence-corrected chi connectivity index (χ1v) is 12.1. The third-order valence-corrected chi connectivity index (χ3v) is 7.59. The Bertz CT molecular complexity index is 1090. The van der Waals surface area contributed by atoms with Gasteiger partial charge in [-0.05, 0) is 105 Å². The molecule has 0 saturated heterocycles. The standard InChI is InChI=1S/C30H30F4/c1-3-5-6-25-27(31)14-20(15-28(25)32)8-12-26-29(33)17-24(18-30(26)34)23-11-10-21-13-19(4-2)7-9-22(21)16-23/h3-4,14-15,17-19,21-23H,1-2,5-7,9-11,13,16H2. The Morgan fingerprint density at radius 3 is 2.09 bits per heavy atom. The molecule has 34 heavy (non-hydrogen) atoms. The van der Waals surface area contributed by atoms with Crippen molar-refractivity contribution in [1.82, 2.24) is 0 Å². The van der Waals surface area contributed by atoms with Gasteiger partial charge in [-0.1, -0.05) is 24.0 Å². The van der Waals surface area contributed by atoms with Crippen molar-refractivity contribution in [2.45, 2.75) is 57.3 Å². The summed E-state index contributed by atoms with van der Waals surface area (Å²) in [5, 5.41) is 0. The third kappa shape index (κ3) is 5.30. The number of benzene rings is 2. The molecule has 178 valence electrons. The molecule has 0 bridgehead atoms. The second kappa shape index (κ2) is 10.6. The lowest BCUT2D eigenvalue weighted by Crippen LogP contribution is -2.30. The van der Waals surface area contributed by atoms with Crippen LogP contribution < -0.4 is 0 Å². The van der Waals surface area contributed by atoms with Gasteiger partial charge in [-0.2, -0.15) is 0 Å². The van der Waals surface area contributed by atoms with Gasteiger partial charge in [0.05, 0.1) is 5.56 Å². The molecular formula is C30H30F4. The van der Waals surface area contributed by atoms with E-state index in [0.29, 0.717) is 29.7 Å². The first kappa shape index (κ1) is 24.3. The molecule has 2 fully saturated rings. The minimum atomic E-state index is -0.733. The zero-order chi connectivity index (χ0) is 24.2. The molecule has 2 saturated carbocycles. The summed E-state index contributed by atoms with van der Waals surface area (Å²) in [5.41, 5.74) is 0.294. The summed E-state index contributed by atoms with van der Waals surface area (Å²) in [6.07, 6.45) is 10.7. The number of rotatable bonds is 5. The van der Waals surface area contributed by atoms with Crippen molar-refractivity contribution in [1.29, 1.82) is 0 Å². The molecule has 4 unspecified atom stereocenters. The summed E-state index contributed by atoms with van der Waals surface area (Å²) >= 11 is 0. The maximum Gasteiger partial charge on any atom is 0.142 e. The number of allylic oxidation sites excluding steroid dienone is 2. The van der Waals surface area contributed by atoms with Gasteiger partial charge < -0.3 is 0 Å². The van der Waals surface area contributed by atoms with Crippen molar-refractivity contribution in [2.24, 2.45) is 17.8 Å². The van der Waals surface area contributed by atoms with Crippen LogP contribution in [0.4, 0.5) is 17.6 Å². The Morgan fingerprint density at radius 2 is 1.44 bits per heavy atom. The van der Waals surface area contributed by atoms with E-state index in [4.69, 9.17) is 0 Å². The number of hydrogen-bond acceptors (Lipinski definition) is 0. The van der Waals surface area contributed by atoms with Gasteiger partial charge in [-0.3, -0.25) is 0 Å². The molecule has 4 atom stereocenters. The Labute approximate surface area is 199 Å². The summed E-state index contributed by atoms with van der Waals surface area (Å²) in [4.78, 5) is 0. The third-order valence-electron chi connectivity index (χ3n) is 7.59. The molecule has 0 aliphatic heterocycles. The van der Waals surface area contributed by atoms with Gasteiger partial charge in [-0.15, -0.1) is 13.2 Å². The van der Waals surface area contributed by atoms with Crippen molar-refractivity contribution in [2.75, 3.05) is 0 Å². The van der Waals surface area contributed by atoms with E-state index in [1.54, 1.807) is 6.08 Å². The molecule has 4 heteroatoms. The largest absolute Gasteiger partial charge is 0.207 e. The quantitative estimate of drug-likeness (QED) is 0.236. The first-order chi connectivity index (χ1) is 16.4. The first-order valence-electron chi connectivity index (χ1n) is 12.1. The lowest BCUT2D eigenvalue weighted by Gasteiger charge is -2.41. The lowest BCUT2D eigenvalue weighted by molar-refractivity contribution is 0.133. The molecule has 2 aliphatic rings. The fraction of sp³-hybridized carbons (Fsp3) is 0.400. The zero-order valence-electron chi connectivity index (χ0n) is 19.4. The molecule has 4 rings (SSSR count). The molecule has 2 aromatic rings. The maximum absolute atomic E-state index is 14.8. The summed E-state index contributed by atoms with van der Waals surface area (Å²) in [5.74, 6) is 4.05. The normalized spacial score (nSPS) is 24.0. The summed E-state index contributed by atoms with van der Waals surface area (Å²) < 4.78 is 58.2. The molecular weight excluding hydrogens is 436 g/mol. The van der Waals surface area contributed by atoms with E-state index in [-0.39, 0.29) is 29.0 Å². The molecule has 0 aromatic heterocycles. The van der Waals surface area contributed by atoms with E-state index in [9.17, 15) is 17.6 Å². The zero-order valence-corrected chi connectivity index (χ0v) is 19.4. The van der Waals surface area contributed by atoms with Crippen LogP contribution in [0, 0.1) is 52.9 Å². The topological polar surface area (TPSA) is 0 Å². The van der Waals surface area contributed by atoms with Crippen LogP contribution in [0.2, 0.25) is 0 Å². The van der Waals surface area contributed by atoms with Crippen LogP contribution in [0.1, 0.15) is 73.1 Å². The molecule has 2 aromatic carbocycles. The van der Waals surface area contributed by atoms with Crippen molar-refractivity contribution in [3.63, 3.8) is 0 Å². The van der Waals surface area contributed by atoms with Crippen LogP contribution in [0.5, 0.6) is 0 Å². The SMILES string of the molecule is C=CCCc1c(F)cc(C#Cc2c(F)cc(C3CCC4CC(C=C)CCC4C3)cc2F)cc1F. The van der Waals surface area contributed by atoms with Gasteiger partial charge in [0.2, 0.25) is 0 Å². The highest BCUT2D eigenvalue weighted by Crippen LogP contribution is 2.48. The predicted molar refractivity (Wildman–Crippen MR) is 128 cm³/mol. The van der Waals surface area contributed by atoms with Crippen LogP contribution in [-0.2, 0) is 6.42 Å². The van der Waals surface area contributed by atoms with Crippen LogP contribution in [-0.4, -0.2) is 0 Å². The second-order valence-corrected chi connectivity index (χ2v) is 9.69. The van der Waals surface area contributed by atoms with Gasteiger partial charge in [0.25, 0.3) is 0 Å². The van der Waals surface area contributed by atoms with E-state index >= 15 is 0 Å². The number of hydrogen-bond donors (Lipinski definition) is 0. The Hall–Kier alpha value is -2.80. The van der Waals surface area contributed by atoms with Gasteiger partial charge in [-0.25, -0.2) is 17.6 Å². The molecule has 0 N–H and O–H groups in total. The van der Waals surface area contributed by atoms with Crippen molar-refractivity contribution < 1.29 is 17.6 Å². The fourth-order valence-corrected chi connectivity index (χ4v) is 5.69. The average molecular weight is 467 g/mol. The van der Waals surface area contributed by atoms with Gasteiger partial charge >= 0.3 is 0 Å². The highest BCUT2D eigenvalue weighted by Gasteiger charge is 2.35. The Morgan fingerprint density at radius 1 is 0.794 bits per heavy atom. The van der Waals surface area contributed by atoms with Crippen LogP contribution >= 0.6 is 0 Å². The van der Waals surface area contributed by atoms with Crippen molar-refractivity contribution in [3.8, 4) is 11.8 Å². The van der Waals surface area contributed by atoms with Crippen molar-refractivity contribution >= 4 is 0 Å². The minimum absolute atomic E-state index is 0.0358. The fourth-order valence-electron chi connectivity index (χ4n) is 5.69. The summed E-state index contributed by atoms with van der Waals surface area (Å²) in [6.45, 7) is 7.48. The van der Waals surface area contributed by atoms with E-state index < -0.39 is 23.3 Å². The average Bonchev–Trinajstić information content (AvgIpc) is 2.82. The molecule has 0 spiro atoms.